The molecule has 0 aliphatic carbocycles. The maximum Gasteiger partial charge on any atom is 0.578 e. The van der Waals surface area contributed by atoms with Gasteiger partial charge in [-0.15, -0.1) is 18.1 Å². The van der Waals surface area contributed by atoms with E-state index in [1.54, 1.807) is 0 Å². The molecule has 4 atom stereocenters. The first-order valence-corrected chi connectivity index (χ1v) is 12.6. The molecule has 5 heteroatoms. The smallest absolute Gasteiger partial charge is 0.142 e. The molecule has 164 valence electrons. The molecule has 4 nitrogen and oxygen atoms in total. The molecule has 0 radical (unpaired) electrons. The maximum atomic E-state index is 6.61. The van der Waals surface area contributed by atoms with Crippen LogP contribution >= 0.6 is 8.17 Å². The zero-order valence-corrected chi connectivity index (χ0v) is 18.8. The topological polar surface area (TPSA) is 36.9 Å². The Hall–Kier alpha value is -2.85. The summed E-state index contributed by atoms with van der Waals surface area (Å²) in [5, 5.41) is 0. The molecule has 1 spiro atoms. The van der Waals surface area contributed by atoms with Crippen LogP contribution in [0.4, 0.5) is 0 Å². The third-order valence-corrected chi connectivity index (χ3v) is 7.97. The van der Waals surface area contributed by atoms with Crippen molar-refractivity contribution < 1.29 is 18.1 Å². The van der Waals surface area contributed by atoms with Crippen molar-refractivity contribution in [1.82, 2.24) is 0 Å². The Morgan fingerprint density at radius 1 is 0.333 bits per heavy atom. The molecule has 0 saturated carbocycles. The summed E-state index contributed by atoms with van der Waals surface area (Å²) in [5.74, 6) is 0. The van der Waals surface area contributed by atoms with Crippen LogP contribution < -0.4 is 0 Å². The standard InChI is InChI=1S/C28H24O4P/c1-5-13-21(14-6-1)25-26(22-15-7-2-8-16-22)30-33(29-25)31-27(23-17-9-3-10-18-23)28(32-33)24-19-11-4-12-20-24/h1-20,25-28H/q+1. The molecule has 0 aromatic heterocycles. The van der Waals surface area contributed by atoms with E-state index in [9.17, 15) is 0 Å². The zero-order chi connectivity index (χ0) is 22.1. The van der Waals surface area contributed by atoms with E-state index in [2.05, 4.69) is 48.5 Å². The van der Waals surface area contributed by atoms with Gasteiger partial charge >= 0.3 is 8.17 Å². The Balaban J connectivity index is 1.40. The van der Waals surface area contributed by atoms with Gasteiger partial charge in [0.2, 0.25) is 0 Å². The quantitative estimate of drug-likeness (QED) is 0.295. The maximum absolute atomic E-state index is 6.61. The molecular formula is C28H24O4P+. The van der Waals surface area contributed by atoms with E-state index in [1.165, 1.54) is 0 Å². The first kappa shape index (κ1) is 20.7. The van der Waals surface area contributed by atoms with E-state index in [0.29, 0.717) is 0 Å². The van der Waals surface area contributed by atoms with Crippen LogP contribution in [0.3, 0.4) is 0 Å². The van der Waals surface area contributed by atoms with Gasteiger partial charge in [0.05, 0.1) is 0 Å². The second kappa shape index (κ2) is 8.83. The normalized spacial score (nSPS) is 28.8. The number of hydrogen-bond acceptors (Lipinski definition) is 4. The Labute approximate surface area is 194 Å². The van der Waals surface area contributed by atoms with Crippen LogP contribution in [0.5, 0.6) is 0 Å². The van der Waals surface area contributed by atoms with Crippen molar-refractivity contribution in [3.05, 3.63) is 144 Å². The SMILES string of the molecule is c1ccc(C2O[P+]3(OC2c2ccccc2)OC(c2ccccc2)C(c2ccccc2)O3)cc1. The minimum atomic E-state index is -3.08. The number of benzene rings is 4. The van der Waals surface area contributed by atoms with Crippen LogP contribution in [0.2, 0.25) is 0 Å². The Morgan fingerprint density at radius 2 is 0.545 bits per heavy atom. The van der Waals surface area contributed by atoms with E-state index < -0.39 is 8.17 Å². The van der Waals surface area contributed by atoms with Crippen molar-refractivity contribution in [3.63, 3.8) is 0 Å². The van der Waals surface area contributed by atoms with E-state index >= 15 is 0 Å². The Morgan fingerprint density at radius 3 is 0.758 bits per heavy atom. The minimum Gasteiger partial charge on any atom is -0.142 e. The number of hydrogen-bond donors (Lipinski definition) is 0. The zero-order valence-electron chi connectivity index (χ0n) is 17.9. The van der Waals surface area contributed by atoms with E-state index in [0.717, 1.165) is 22.3 Å². The second-order valence-electron chi connectivity index (χ2n) is 8.19. The molecule has 0 bridgehead atoms. The molecule has 33 heavy (non-hydrogen) atoms. The van der Waals surface area contributed by atoms with Crippen LogP contribution in [0.1, 0.15) is 46.7 Å². The van der Waals surface area contributed by atoms with Crippen molar-refractivity contribution in [2.45, 2.75) is 24.4 Å². The molecule has 4 aromatic carbocycles. The van der Waals surface area contributed by atoms with Gasteiger partial charge in [-0.2, -0.15) is 0 Å². The highest BCUT2D eigenvalue weighted by atomic mass is 31.2. The molecule has 2 fully saturated rings. The van der Waals surface area contributed by atoms with E-state index in [1.807, 2.05) is 72.8 Å². The number of rotatable bonds is 4. The van der Waals surface area contributed by atoms with Gasteiger partial charge in [0, 0.05) is 0 Å². The molecule has 2 heterocycles. The highest BCUT2D eigenvalue weighted by Crippen LogP contribution is 2.82. The van der Waals surface area contributed by atoms with Crippen molar-refractivity contribution in [3.8, 4) is 0 Å². The van der Waals surface area contributed by atoms with Gasteiger partial charge in [0.25, 0.3) is 0 Å². The van der Waals surface area contributed by atoms with Gasteiger partial charge in [-0.25, -0.2) is 0 Å². The molecule has 2 aliphatic heterocycles. The van der Waals surface area contributed by atoms with Gasteiger partial charge in [0.15, 0.2) is 24.4 Å². The second-order valence-corrected chi connectivity index (χ2v) is 9.93. The predicted octanol–water partition coefficient (Wildman–Crippen LogP) is 7.72. The largest absolute Gasteiger partial charge is 0.578 e. The molecule has 2 saturated heterocycles. The van der Waals surface area contributed by atoms with Gasteiger partial charge < -0.3 is 0 Å². The van der Waals surface area contributed by atoms with E-state index in [-0.39, 0.29) is 24.4 Å². The molecule has 0 N–H and O–H groups in total. The predicted molar refractivity (Wildman–Crippen MR) is 128 cm³/mol. The van der Waals surface area contributed by atoms with Crippen molar-refractivity contribution in [2.24, 2.45) is 0 Å². The summed E-state index contributed by atoms with van der Waals surface area (Å²) in [6.45, 7) is 0. The summed E-state index contributed by atoms with van der Waals surface area (Å²) >= 11 is 0. The summed E-state index contributed by atoms with van der Waals surface area (Å²) < 4.78 is 26.4. The molecule has 6 rings (SSSR count). The Bertz CT molecular complexity index is 992. The minimum absolute atomic E-state index is 0.326. The van der Waals surface area contributed by atoms with E-state index in [4.69, 9.17) is 18.1 Å². The lowest BCUT2D eigenvalue weighted by molar-refractivity contribution is 0.159. The van der Waals surface area contributed by atoms with Crippen LogP contribution in [-0.4, -0.2) is 0 Å². The third kappa shape index (κ3) is 4.02. The van der Waals surface area contributed by atoms with Crippen LogP contribution in [0.15, 0.2) is 121 Å². The van der Waals surface area contributed by atoms with Crippen molar-refractivity contribution in [1.29, 1.82) is 0 Å². The van der Waals surface area contributed by atoms with Crippen LogP contribution in [0, 0.1) is 0 Å². The average Bonchev–Trinajstić information content (AvgIpc) is 3.47. The lowest BCUT2D eigenvalue weighted by Crippen LogP contribution is -2.06. The monoisotopic (exact) mass is 455 g/mol. The van der Waals surface area contributed by atoms with Crippen molar-refractivity contribution in [2.75, 3.05) is 0 Å². The summed E-state index contributed by atoms with van der Waals surface area (Å²) in [6, 6.07) is 40.6. The van der Waals surface area contributed by atoms with Gasteiger partial charge in [-0.3, -0.25) is 0 Å². The first-order valence-electron chi connectivity index (χ1n) is 11.1. The summed E-state index contributed by atoms with van der Waals surface area (Å²) in [7, 11) is -3.08. The fourth-order valence-corrected chi connectivity index (χ4v) is 6.78. The fourth-order valence-electron chi connectivity index (χ4n) is 4.44. The highest BCUT2D eigenvalue weighted by Gasteiger charge is 2.70. The van der Waals surface area contributed by atoms with Gasteiger partial charge in [0.1, 0.15) is 0 Å². The van der Waals surface area contributed by atoms with Crippen LogP contribution in [-0.2, 0) is 18.1 Å². The highest BCUT2D eigenvalue weighted by molar-refractivity contribution is 7.57. The molecule has 4 aromatic rings. The molecule has 2 aliphatic rings. The van der Waals surface area contributed by atoms with Gasteiger partial charge in [-0.1, -0.05) is 121 Å². The third-order valence-electron chi connectivity index (χ3n) is 6.03. The fraction of sp³-hybridized carbons (Fsp3) is 0.143. The Kier molecular flexibility index (Phi) is 5.55. The van der Waals surface area contributed by atoms with Crippen molar-refractivity contribution >= 4 is 8.17 Å². The lowest BCUT2D eigenvalue weighted by Gasteiger charge is -2.12. The molecule has 4 unspecified atom stereocenters. The summed E-state index contributed by atoms with van der Waals surface area (Å²) in [6.07, 6.45) is -1.30. The van der Waals surface area contributed by atoms with Gasteiger partial charge in [-0.05, 0) is 22.3 Å². The summed E-state index contributed by atoms with van der Waals surface area (Å²) in [4.78, 5) is 0. The molecular weight excluding hydrogens is 431 g/mol. The summed E-state index contributed by atoms with van der Waals surface area (Å²) in [5.41, 5.74) is 4.15. The average molecular weight is 455 g/mol. The molecule has 0 amide bonds. The first-order chi connectivity index (χ1) is 16.3. The van der Waals surface area contributed by atoms with Crippen LogP contribution in [0.25, 0.3) is 0 Å². The lowest BCUT2D eigenvalue weighted by atomic mass is 9.99.